The summed E-state index contributed by atoms with van der Waals surface area (Å²) in [5, 5.41) is 0. The van der Waals surface area contributed by atoms with E-state index in [0.29, 0.717) is 18.8 Å². The molecular formula is C11H18O4. The topological polar surface area (TPSA) is 44.8 Å². The van der Waals surface area contributed by atoms with E-state index in [2.05, 4.69) is 13.2 Å². The standard InChI is InChI=1S/C11H18O4/c1-5-6-14-7-10(13-4)8-15-11(12)9(2)3/h5,10H,1-2,6-8H2,3-4H3. The van der Waals surface area contributed by atoms with Crippen molar-refractivity contribution in [2.24, 2.45) is 0 Å². The number of ether oxygens (including phenoxy) is 3. The van der Waals surface area contributed by atoms with Crippen LogP contribution in [-0.2, 0) is 19.0 Å². The average Bonchev–Trinajstić information content (AvgIpc) is 2.22. The molecule has 0 amide bonds. The molecular weight excluding hydrogens is 196 g/mol. The third-order valence-corrected chi connectivity index (χ3v) is 1.62. The van der Waals surface area contributed by atoms with Crippen molar-refractivity contribution in [2.75, 3.05) is 26.9 Å². The summed E-state index contributed by atoms with van der Waals surface area (Å²) in [4.78, 5) is 11.1. The van der Waals surface area contributed by atoms with E-state index in [1.165, 1.54) is 7.11 Å². The summed E-state index contributed by atoms with van der Waals surface area (Å²) < 4.78 is 15.2. The second-order valence-corrected chi connectivity index (χ2v) is 3.06. The summed E-state index contributed by atoms with van der Waals surface area (Å²) in [7, 11) is 1.54. The molecule has 0 rings (SSSR count). The molecule has 0 saturated heterocycles. The van der Waals surface area contributed by atoms with E-state index in [1.807, 2.05) is 0 Å². The summed E-state index contributed by atoms with van der Waals surface area (Å²) >= 11 is 0. The minimum atomic E-state index is -0.416. The lowest BCUT2D eigenvalue weighted by atomic mass is 10.3. The largest absolute Gasteiger partial charge is 0.459 e. The van der Waals surface area contributed by atoms with Crippen molar-refractivity contribution in [1.82, 2.24) is 0 Å². The Bertz CT molecular complexity index is 223. The maximum absolute atomic E-state index is 11.1. The van der Waals surface area contributed by atoms with Crippen molar-refractivity contribution in [1.29, 1.82) is 0 Å². The summed E-state index contributed by atoms with van der Waals surface area (Å²) in [6, 6.07) is 0. The van der Waals surface area contributed by atoms with Crippen molar-refractivity contribution in [2.45, 2.75) is 13.0 Å². The van der Waals surface area contributed by atoms with Gasteiger partial charge in [-0.3, -0.25) is 0 Å². The number of carbonyl (C=O) groups is 1. The molecule has 15 heavy (non-hydrogen) atoms. The van der Waals surface area contributed by atoms with Crippen molar-refractivity contribution in [3.8, 4) is 0 Å². The van der Waals surface area contributed by atoms with E-state index >= 15 is 0 Å². The number of methoxy groups -OCH3 is 1. The Hall–Kier alpha value is -1.13. The molecule has 0 radical (unpaired) electrons. The molecule has 0 fully saturated rings. The van der Waals surface area contributed by atoms with Gasteiger partial charge in [-0.2, -0.15) is 0 Å². The molecule has 4 nitrogen and oxygen atoms in total. The Labute approximate surface area is 90.5 Å². The van der Waals surface area contributed by atoms with E-state index in [4.69, 9.17) is 14.2 Å². The molecule has 0 heterocycles. The molecule has 0 aromatic rings. The summed E-state index contributed by atoms with van der Waals surface area (Å²) in [5.74, 6) is -0.416. The van der Waals surface area contributed by atoms with Crippen molar-refractivity contribution in [3.05, 3.63) is 24.8 Å². The van der Waals surface area contributed by atoms with E-state index in [1.54, 1.807) is 13.0 Å². The molecule has 1 atom stereocenters. The first-order valence-corrected chi connectivity index (χ1v) is 4.65. The highest BCUT2D eigenvalue weighted by atomic mass is 16.6. The third-order valence-electron chi connectivity index (χ3n) is 1.62. The zero-order chi connectivity index (χ0) is 11.7. The number of rotatable bonds is 8. The molecule has 86 valence electrons. The monoisotopic (exact) mass is 214 g/mol. The predicted octanol–water partition coefficient (Wildman–Crippen LogP) is 1.32. The van der Waals surface area contributed by atoms with Gasteiger partial charge in [-0.25, -0.2) is 4.79 Å². The number of hydrogen-bond acceptors (Lipinski definition) is 4. The van der Waals surface area contributed by atoms with Crippen LogP contribution in [-0.4, -0.2) is 39.0 Å². The van der Waals surface area contributed by atoms with Gasteiger partial charge >= 0.3 is 5.97 Å². The SMILES string of the molecule is C=CCOCC(COC(=O)C(=C)C)OC. The minimum Gasteiger partial charge on any atom is -0.459 e. The fourth-order valence-electron chi connectivity index (χ4n) is 0.759. The highest BCUT2D eigenvalue weighted by Crippen LogP contribution is 1.97. The Morgan fingerprint density at radius 3 is 2.60 bits per heavy atom. The average molecular weight is 214 g/mol. The van der Waals surface area contributed by atoms with Crippen LogP contribution in [0.4, 0.5) is 0 Å². The van der Waals surface area contributed by atoms with Crippen LogP contribution >= 0.6 is 0 Å². The van der Waals surface area contributed by atoms with Crippen LogP contribution in [0.2, 0.25) is 0 Å². The summed E-state index contributed by atoms with van der Waals surface area (Å²) in [5.41, 5.74) is 0.372. The zero-order valence-electron chi connectivity index (χ0n) is 9.32. The fourth-order valence-corrected chi connectivity index (χ4v) is 0.759. The number of hydrogen-bond donors (Lipinski definition) is 0. The molecule has 1 unspecified atom stereocenters. The first-order chi connectivity index (χ1) is 7.11. The second kappa shape index (κ2) is 8.20. The van der Waals surface area contributed by atoms with Gasteiger partial charge in [-0.1, -0.05) is 12.7 Å². The van der Waals surface area contributed by atoms with E-state index in [-0.39, 0.29) is 12.7 Å². The summed E-state index contributed by atoms with van der Waals surface area (Å²) in [6.45, 7) is 9.57. The van der Waals surface area contributed by atoms with Gasteiger partial charge in [0.05, 0.1) is 13.2 Å². The lowest BCUT2D eigenvalue weighted by Gasteiger charge is -2.15. The Morgan fingerprint density at radius 1 is 1.47 bits per heavy atom. The van der Waals surface area contributed by atoms with E-state index in [9.17, 15) is 4.79 Å². The van der Waals surface area contributed by atoms with Crippen molar-refractivity contribution in [3.63, 3.8) is 0 Å². The second-order valence-electron chi connectivity index (χ2n) is 3.06. The molecule has 0 aliphatic rings. The molecule has 0 spiro atoms. The fraction of sp³-hybridized carbons (Fsp3) is 0.545. The zero-order valence-corrected chi connectivity index (χ0v) is 9.32. The lowest BCUT2D eigenvalue weighted by Crippen LogP contribution is -2.26. The van der Waals surface area contributed by atoms with Gasteiger partial charge in [-0.15, -0.1) is 6.58 Å². The number of carbonyl (C=O) groups excluding carboxylic acids is 1. The van der Waals surface area contributed by atoms with Crippen LogP contribution in [0.3, 0.4) is 0 Å². The Kier molecular flexibility index (Phi) is 7.58. The van der Waals surface area contributed by atoms with E-state index in [0.717, 1.165) is 0 Å². The van der Waals surface area contributed by atoms with Crippen molar-refractivity contribution < 1.29 is 19.0 Å². The molecule has 4 heteroatoms. The minimum absolute atomic E-state index is 0.166. The molecule has 0 bridgehead atoms. The highest BCUT2D eigenvalue weighted by molar-refractivity contribution is 5.86. The maximum atomic E-state index is 11.1. The Balaban J connectivity index is 3.74. The Morgan fingerprint density at radius 2 is 2.13 bits per heavy atom. The molecule has 0 aromatic heterocycles. The predicted molar refractivity (Wildman–Crippen MR) is 57.6 cm³/mol. The molecule has 0 saturated carbocycles. The summed E-state index contributed by atoms with van der Waals surface area (Å²) in [6.07, 6.45) is 1.39. The first kappa shape index (κ1) is 13.9. The van der Waals surface area contributed by atoms with Gasteiger partial charge in [0.1, 0.15) is 12.7 Å². The van der Waals surface area contributed by atoms with Crippen LogP contribution in [0.25, 0.3) is 0 Å². The van der Waals surface area contributed by atoms with Crippen LogP contribution < -0.4 is 0 Å². The van der Waals surface area contributed by atoms with Crippen LogP contribution in [0, 0.1) is 0 Å². The van der Waals surface area contributed by atoms with Gasteiger partial charge in [0, 0.05) is 12.7 Å². The van der Waals surface area contributed by atoms with Gasteiger partial charge in [-0.05, 0) is 6.92 Å². The van der Waals surface area contributed by atoms with Gasteiger partial charge < -0.3 is 14.2 Å². The van der Waals surface area contributed by atoms with Gasteiger partial charge in [0.2, 0.25) is 0 Å². The van der Waals surface area contributed by atoms with Crippen LogP contribution in [0.5, 0.6) is 0 Å². The molecule has 0 aliphatic heterocycles. The highest BCUT2D eigenvalue weighted by Gasteiger charge is 2.11. The van der Waals surface area contributed by atoms with Gasteiger partial charge in [0.15, 0.2) is 0 Å². The smallest absolute Gasteiger partial charge is 0.333 e. The van der Waals surface area contributed by atoms with Crippen LogP contribution in [0.1, 0.15) is 6.92 Å². The maximum Gasteiger partial charge on any atom is 0.333 e. The quantitative estimate of drug-likeness (QED) is 0.264. The van der Waals surface area contributed by atoms with Crippen molar-refractivity contribution >= 4 is 5.97 Å². The molecule has 0 aromatic carbocycles. The number of esters is 1. The molecule has 0 N–H and O–H groups in total. The third kappa shape index (κ3) is 6.88. The molecule has 0 aliphatic carbocycles. The van der Waals surface area contributed by atoms with Gasteiger partial charge in [0.25, 0.3) is 0 Å². The normalized spacial score (nSPS) is 11.9. The lowest BCUT2D eigenvalue weighted by molar-refractivity contribution is -0.143. The van der Waals surface area contributed by atoms with Crippen LogP contribution in [0.15, 0.2) is 24.8 Å². The first-order valence-electron chi connectivity index (χ1n) is 4.65. The van der Waals surface area contributed by atoms with E-state index < -0.39 is 5.97 Å².